The summed E-state index contributed by atoms with van der Waals surface area (Å²) in [6.45, 7) is 5.40. The zero-order valence-electron chi connectivity index (χ0n) is 21.4. The van der Waals surface area contributed by atoms with Crippen molar-refractivity contribution in [2.24, 2.45) is 5.92 Å². The van der Waals surface area contributed by atoms with Crippen molar-refractivity contribution in [2.45, 2.75) is 63.3 Å². The summed E-state index contributed by atoms with van der Waals surface area (Å²) in [5.74, 6) is -0.622. The van der Waals surface area contributed by atoms with Gasteiger partial charge in [-0.05, 0) is 73.0 Å². The molecule has 2 aromatic carbocycles. The van der Waals surface area contributed by atoms with E-state index < -0.39 is 29.7 Å². The third-order valence-electron chi connectivity index (χ3n) is 7.31. The summed E-state index contributed by atoms with van der Waals surface area (Å²) in [5.41, 5.74) is 2.28. The third-order valence-corrected chi connectivity index (χ3v) is 7.31. The number of alkyl halides is 3. The van der Waals surface area contributed by atoms with Gasteiger partial charge < -0.3 is 15.1 Å². The minimum atomic E-state index is -4.66. The molecule has 2 unspecified atom stereocenters. The number of carbonyl (C=O) groups is 1. The van der Waals surface area contributed by atoms with Gasteiger partial charge in [-0.2, -0.15) is 18.4 Å². The topological polar surface area (TPSA) is 90.1 Å². The molecule has 9 heteroatoms. The lowest BCUT2D eigenvalue weighted by atomic mass is 9.97. The first-order valence-electron chi connectivity index (χ1n) is 13.0. The molecule has 1 aromatic heterocycles. The van der Waals surface area contributed by atoms with Crippen molar-refractivity contribution in [3.05, 3.63) is 53.6 Å². The van der Waals surface area contributed by atoms with Crippen molar-refractivity contribution in [3.8, 4) is 6.07 Å². The molecular weight excluding hydrogens is 493 g/mol. The molecule has 2 atom stereocenters. The van der Waals surface area contributed by atoms with Gasteiger partial charge in [-0.15, -0.1) is 0 Å². The van der Waals surface area contributed by atoms with Gasteiger partial charge in [0.15, 0.2) is 0 Å². The molecule has 200 valence electrons. The number of fused-ring (bicyclic) bond motifs is 3. The highest BCUT2D eigenvalue weighted by Gasteiger charge is 2.47. The second-order valence-corrected chi connectivity index (χ2v) is 10.8. The van der Waals surface area contributed by atoms with Crippen LogP contribution in [0, 0.1) is 17.2 Å². The minimum absolute atomic E-state index is 0.0340. The van der Waals surface area contributed by atoms with Crippen LogP contribution >= 0.6 is 0 Å². The standard InChI is InChI=1S/C29H31F3N4O2/c1-17(2)13-23(27(37)36-28(16-33)9-10-28)35-26(29(30,31)32)20-3-5-21-22-14-19(18-7-11-34-12-8-18)4-6-24(22)38-25(21)15-20/h3-7,14-15,17,23,26,34-35H,8-13H2,1-2H3,(H,36,37). The van der Waals surface area contributed by atoms with Gasteiger partial charge in [0.1, 0.15) is 22.7 Å². The Kier molecular flexibility index (Phi) is 6.97. The Morgan fingerprint density at radius 1 is 1.16 bits per heavy atom. The van der Waals surface area contributed by atoms with E-state index in [4.69, 9.17) is 4.42 Å². The first-order chi connectivity index (χ1) is 18.1. The van der Waals surface area contributed by atoms with Crippen LogP contribution in [0.15, 0.2) is 46.9 Å². The van der Waals surface area contributed by atoms with Crippen molar-refractivity contribution in [2.75, 3.05) is 13.1 Å². The van der Waals surface area contributed by atoms with Gasteiger partial charge in [0.25, 0.3) is 0 Å². The number of amides is 1. The molecule has 1 aliphatic carbocycles. The summed E-state index contributed by atoms with van der Waals surface area (Å²) in [6, 6.07) is 9.25. The van der Waals surface area contributed by atoms with E-state index in [-0.39, 0.29) is 17.9 Å². The van der Waals surface area contributed by atoms with E-state index in [0.717, 1.165) is 35.8 Å². The molecule has 0 saturated heterocycles. The number of carbonyl (C=O) groups excluding carboxylic acids is 1. The quantitative estimate of drug-likeness (QED) is 0.350. The molecule has 0 bridgehead atoms. The van der Waals surface area contributed by atoms with E-state index in [1.165, 1.54) is 17.7 Å². The van der Waals surface area contributed by atoms with Crippen molar-refractivity contribution < 1.29 is 22.4 Å². The van der Waals surface area contributed by atoms with Gasteiger partial charge in [-0.1, -0.05) is 38.1 Å². The highest BCUT2D eigenvalue weighted by Crippen LogP contribution is 2.38. The summed E-state index contributed by atoms with van der Waals surface area (Å²) in [6.07, 6.45) is -0.395. The number of halogens is 3. The fourth-order valence-corrected chi connectivity index (χ4v) is 5.07. The first-order valence-corrected chi connectivity index (χ1v) is 13.0. The normalized spacial score (nSPS) is 18.7. The predicted molar refractivity (Wildman–Crippen MR) is 140 cm³/mol. The van der Waals surface area contributed by atoms with Crippen LogP contribution in [-0.4, -0.2) is 36.8 Å². The summed E-state index contributed by atoms with van der Waals surface area (Å²) >= 11 is 0. The maximum atomic E-state index is 14.4. The SMILES string of the molecule is CC(C)CC(NC(c1ccc2c(c1)oc1ccc(C3=CCNCC3)cc12)C(F)(F)F)C(=O)NC1(C#N)CC1. The Labute approximate surface area is 219 Å². The lowest BCUT2D eigenvalue weighted by Crippen LogP contribution is -2.52. The zero-order chi connectivity index (χ0) is 27.1. The third kappa shape index (κ3) is 5.42. The molecule has 38 heavy (non-hydrogen) atoms. The Bertz CT molecular complexity index is 1430. The van der Waals surface area contributed by atoms with E-state index in [1.807, 2.05) is 32.0 Å². The fourth-order valence-electron chi connectivity index (χ4n) is 5.07. The lowest BCUT2D eigenvalue weighted by Gasteiger charge is -2.29. The molecule has 1 saturated carbocycles. The Morgan fingerprint density at radius 3 is 2.58 bits per heavy atom. The Morgan fingerprint density at radius 2 is 1.95 bits per heavy atom. The zero-order valence-corrected chi connectivity index (χ0v) is 21.4. The van der Waals surface area contributed by atoms with Crippen LogP contribution in [0.2, 0.25) is 0 Å². The smallest absolute Gasteiger partial charge is 0.407 e. The molecule has 5 rings (SSSR count). The molecule has 6 nitrogen and oxygen atoms in total. The van der Waals surface area contributed by atoms with Crippen LogP contribution in [0.5, 0.6) is 0 Å². The Balaban J connectivity index is 1.47. The van der Waals surface area contributed by atoms with Gasteiger partial charge >= 0.3 is 6.18 Å². The van der Waals surface area contributed by atoms with E-state index in [2.05, 4.69) is 28.1 Å². The fraction of sp³-hybridized carbons (Fsp3) is 0.448. The summed E-state index contributed by atoms with van der Waals surface area (Å²) < 4.78 is 49.0. The number of rotatable bonds is 8. The average Bonchev–Trinajstić information content (AvgIpc) is 3.56. The number of nitrogens with zero attached hydrogens (tertiary/aromatic N) is 1. The van der Waals surface area contributed by atoms with E-state index in [0.29, 0.717) is 24.0 Å². The molecule has 2 aliphatic rings. The number of nitrogens with one attached hydrogen (secondary N) is 3. The van der Waals surface area contributed by atoms with Crippen molar-refractivity contribution in [1.29, 1.82) is 5.26 Å². The predicted octanol–water partition coefficient (Wildman–Crippen LogP) is 5.74. The molecule has 0 radical (unpaired) electrons. The Hall–Kier alpha value is -3.35. The second kappa shape index (κ2) is 10.1. The largest absolute Gasteiger partial charge is 0.456 e. The molecule has 0 spiro atoms. The first kappa shape index (κ1) is 26.3. The number of nitriles is 1. The number of hydrogen-bond donors (Lipinski definition) is 3. The summed E-state index contributed by atoms with van der Waals surface area (Å²) in [4.78, 5) is 13.0. The molecule has 1 amide bonds. The van der Waals surface area contributed by atoms with Gasteiger partial charge in [-0.25, -0.2) is 0 Å². The second-order valence-electron chi connectivity index (χ2n) is 10.8. The van der Waals surface area contributed by atoms with Gasteiger partial charge in [0.2, 0.25) is 5.91 Å². The van der Waals surface area contributed by atoms with Crippen LogP contribution < -0.4 is 16.0 Å². The maximum absolute atomic E-state index is 14.4. The van der Waals surface area contributed by atoms with Crippen molar-refractivity contribution in [3.63, 3.8) is 0 Å². The number of benzene rings is 2. The number of hydrogen-bond acceptors (Lipinski definition) is 5. The van der Waals surface area contributed by atoms with E-state index in [9.17, 15) is 23.2 Å². The van der Waals surface area contributed by atoms with Crippen LogP contribution in [-0.2, 0) is 4.79 Å². The summed E-state index contributed by atoms with van der Waals surface area (Å²) in [7, 11) is 0. The molecule has 3 aromatic rings. The van der Waals surface area contributed by atoms with Gasteiger partial charge in [0, 0.05) is 17.3 Å². The minimum Gasteiger partial charge on any atom is -0.456 e. The molecule has 3 N–H and O–H groups in total. The molecule has 1 fully saturated rings. The summed E-state index contributed by atoms with van der Waals surface area (Å²) in [5, 5.41) is 19.4. The highest BCUT2D eigenvalue weighted by atomic mass is 19.4. The average molecular weight is 525 g/mol. The van der Waals surface area contributed by atoms with E-state index in [1.54, 1.807) is 6.07 Å². The van der Waals surface area contributed by atoms with Crippen LogP contribution in [0.1, 0.15) is 56.7 Å². The molecule has 1 aliphatic heterocycles. The highest BCUT2D eigenvalue weighted by molar-refractivity contribution is 6.06. The van der Waals surface area contributed by atoms with Gasteiger partial charge in [-0.3, -0.25) is 10.1 Å². The van der Waals surface area contributed by atoms with Crippen LogP contribution in [0.3, 0.4) is 0 Å². The molecule has 2 heterocycles. The van der Waals surface area contributed by atoms with Crippen molar-refractivity contribution in [1.82, 2.24) is 16.0 Å². The monoisotopic (exact) mass is 524 g/mol. The van der Waals surface area contributed by atoms with Crippen LogP contribution in [0.25, 0.3) is 27.5 Å². The van der Waals surface area contributed by atoms with Crippen LogP contribution in [0.4, 0.5) is 13.2 Å². The lowest BCUT2D eigenvalue weighted by molar-refractivity contribution is -0.161. The van der Waals surface area contributed by atoms with Crippen molar-refractivity contribution >= 4 is 33.4 Å². The maximum Gasteiger partial charge on any atom is 0.407 e. The molecular formula is C29H31F3N4O2. The number of furan rings is 1. The van der Waals surface area contributed by atoms with Gasteiger partial charge in [0.05, 0.1) is 12.1 Å². The van der Waals surface area contributed by atoms with E-state index >= 15 is 0 Å².